The number of aryl methyl sites for hydroxylation is 1. The van der Waals surface area contributed by atoms with E-state index in [1.165, 1.54) is 19.3 Å². The normalized spacial score (nSPS) is 16.0. The molecule has 0 unspecified atom stereocenters. The Morgan fingerprint density at radius 1 is 1.12 bits per heavy atom. The first kappa shape index (κ1) is 15.3. The summed E-state index contributed by atoms with van der Waals surface area (Å²) in [5, 5.41) is 2.26. The van der Waals surface area contributed by atoms with Crippen LogP contribution in [0, 0.1) is 0 Å². The number of likely N-dealkylation sites (tertiary alicyclic amines) is 1. The lowest BCUT2D eigenvalue weighted by Gasteiger charge is -2.25. The number of piperidine rings is 1. The van der Waals surface area contributed by atoms with Gasteiger partial charge in [0.15, 0.2) is 5.78 Å². The second-order valence-electron chi connectivity index (χ2n) is 6.80. The zero-order valence-corrected chi connectivity index (χ0v) is 14.2. The van der Waals surface area contributed by atoms with Crippen molar-refractivity contribution in [2.45, 2.75) is 25.7 Å². The lowest BCUT2D eigenvalue weighted by molar-refractivity contribution is 0.0959. The van der Waals surface area contributed by atoms with Crippen molar-refractivity contribution in [2.24, 2.45) is 7.05 Å². The van der Waals surface area contributed by atoms with E-state index in [9.17, 15) is 4.79 Å². The van der Waals surface area contributed by atoms with Crippen molar-refractivity contribution >= 4 is 27.6 Å². The van der Waals surface area contributed by atoms with Crippen LogP contribution in [0.3, 0.4) is 0 Å². The number of rotatable bonds is 4. The zero-order chi connectivity index (χ0) is 16.5. The third kappa shape index (κ3) is 2.82. The standard InChI is InChI=1S/C20H23N3O/c1-22-14-21-18-8-6-15-13-16(5-7-17(15)20(18)22)19(24)9-12-23-10-3-2-4-11-23/h5-8,13-14H,2-4,9-12H2,1H3. The van der Waals surface area contributed by atoms with Gasteiger partial charge in [-0.15, -0.1) is 0 Å². The SMILES string of the molecule is Cn1cnc2ccc3cc(C(=O)CCN4CCCCC4)ccc3c21. The lowest BCUT2D eigenvalue weighted by Crippen LogP contribution is -2.31. The summed E-state index contributed by atoms with van der Waals surface area (Å²) in [5.74, 6) is 0.243. The van der Waals surface area contributed by atoms with Gasteiger partial charge in [-0.3, -0.25) is 4.79 Å². The second-order valence-corrected chi connectivity index (χ2v) is 6.80. The molecule has 0 atom stereocenters. The number of carbonyl (C=O) groups is 1. The second kappa shape index (κ2) is 6.36. The average Bonchev–Trinajstić information content (AvgIpc) is 3.01. The number of Topliss-reactive ketones (excluding diaryl/α,β-unsaturated/α-hetero) is 1. The number of hydrogen-bond donors (Lipinski definition) is 0. The van der Waals surface area contributed by atoms with Crippen LogP contribution in [0.2, 0.25) is 0 Å². The highest BCUT2D eigenvalue weighted by atomic mass is 16.1. The van der Waals surface area contributed by atoms with Crippen LogP contribution in [0.4, 0.5) is 0 Å². The van der Waals surface area contributed by atoms with Crippen molar-refractivity contribution in [3.8, 4) is 0 Å². The molecule has 1 aliphatic heterocycles. The van der Waals surface area contributed by atoms with E-state index in [-0.39, 0.29) is 5.78 Å². The predicted octanol–water partition coefficient (Wildman–Crippen LogP) is 3.79. The van der Waals surface area contributed by atoms with E-state index in [4.69, 9.17) is 0 Å². The summed E-state index contributed by atoms with van der Waals surface area (Å²) in [6, 6.07) is 10.1. The largest absolute Gasteiger partial charge is 0.333 e. The highest BCUT2D eigenvalue weighted by Crippen LogP contribution is 2.25. The maximum atomic E-state index is 12.6. The highest BCUT2D eigenvalue weighted by molar-refractivity contribution is 6.07. The minimum Gasteiger partial charge on any atom is -0.333 e. The fraction of sp³-hybridized carbons (Fsp3) is 0.400. The molecule has 4 rings (SSSR count). The molecule has 0 spiro atoms. The Kier molecular flexibility index (Phi) is 4.07. The topological polar surface area (TPSA) is 38.1 Å². The molecule has 0 bridgehead atoms. The van der Waals surface area contributed by atoms with Crippen LogP contribution in [0.1, 0.15) is 36.0 Å². The predicted molar refractivity (Wildman–Crippen MR) is 97.5 cm³/mol. The molecule has 0 radical (unpaired) electrons. The van der Waals surface area contributed by atoms with Gasteiger partial charge in [0, 0.05) is 31.0 Å². The Labute approximate surface area is 142 Å². The van der Waals surface area contributed by atoms with Crippen LogP contribution < -0.4 is 0 Å². The summed E-state index contributed by atoms with van der Waals surface area (Å²) in [5.41, 5.74) is 2.94. The monoisotopic (exact) mass is 321 g/mol. The summed E-state index contributed by atoms with van der Waals surface area (Å²) >= 11 is 0. The van der Waals surface area contributed by atoms with Gasteiger partial charge in [0.1, 0.15) is 0 Å². The van der Waals surface area contributed by atoms with E-state index in [1.807, 2.05) is 36.1 Å². The number of nitrogens with zero attached hydrogens (tertiary/aromatic N) is 3. The van der Waals surface area contributed by atoms with Crippen molar-refractivity contribution in [3.63, 3.8) is 0 Å². The van der Waals surface area contributed by atoms with Crippen LogP contribution in [0.15, 0.2) is 36.7 Å². The molecule has 4 heteroatoms. The molecule has 24 heavy (non-hydrogen) atoms. The van der Waals surface area contributed by atoms with Crippen LogP contribution in [-0.4, -0.2) is 39.9 Å². The summed E-state index contributed by atoms with van der Waals surface area (Å²) in [7, 11) is 2.01. The highest BCUT2D eigenvalue weighted by Gasteiger charge is 2.14. The van der Waals surface area contributed by atoms with Gasteiger partial charge in [-0.05, 0) is 43.5 Å². The van der Waals surface area contributed by atoms with Crippen molar-refractivity contribution in [1.82, 2.24) is 14.5 Å². The Hall–Kier alpha value is -2.20. The number of benzene rings is 2. The summed E-state index contributed by atoms with van der Waals surface area (Å²) < 4.78 is 2.04. The number of imidazole rings is 1. The quantitative estimate of drug-likeness (QED) is 0.686. The Bertz CT molecular complexity index is 890. The van der Waals surface area contributed by atoms with Gasteiger partial charge in [-0.25, -0.2) is 4.98 Å². The molecule has 0 saturated carbocycles. The molecule has 4 nitrogen and oxygen atoms in total. The number of ketones is 1. The molecule has 0 N–H and O–H groups in total. The van der Waals surface area contributed by atoms with Gasteiger partial charge in [0.05, 0.1) is 17.4 Å². The lowest BCUT2D eigenvalue weighted by atomic mass is 10.0. The fourth-order valence-electron chi connectivity index (χ4n) is 3.74. The Morgan fingerprint density at radius 3 is 2.79 bits per heavy atom. The summed E-state index contributed by atoms with van der Waals surface area (Å²) in [6.07, 6.45) is 6.31. The number of fused-ring (bicyclic) bond motifs is 3. The molecule has 1 aliphatic rings. The summed E-state index contributed by atoms with van der Waals surface area (Å²) in [4.78, 5) is 19.4. The van der Waals surface area contributed by atoms with Crippen LogP contribution >= 0.6 is 0 Å². The van der Waals surface area contributed by atoms with Crippen molar-refractivity contribution in [2.75, 3.05) is 19.6 Å². The van der Waals surface area contributed by atoms with Crippen molar-refractivity contribution in [3.05, 3.63) is 42.2 Å². The van der Waals surface area contributed by atoms with Gasteiger partial charge >= 0.3 is 0 Å². The van der Waals surface area contributed by atoms with Gasteiger partial charge in [0.25, 0.3) is 0 Å². The minimum absolute atomic E-state index is 0.243. The molecule has 1 fully saturated rings. The molecule has 2 aromatic carbocycles. The van der Waals surface area contributed by atoms with Crippen molar-refractivity contribution in [1.29, 1.82) is 0 Å². The number of carbonyl (C=O) groups excluding carboxylic acids is 1. The smallest absolute Gasteiger partial charge is 0.164 e. The average molecular weight is 321 g/mol. The summed E-state index contributed by atoms with van der Waals surface area (Å²) in [6.45, 7) is 3.17. The third-order valence-corrected chi connectivity index (χ3v) is 5.12. The van der Waals surface area contributed by atoms with Crippen LogP contribution in [-0.2, 0) is 7.05 Å². The van der Waals surface area contributed by atoms with Gasteiger partial charge in [-0.1, -0.05) is 24.6 Å². The minimum atomic E-state index is 0.243. The Morgan fingerprint density at radius 2 is 1.96 bits per heavy atom. The maximum Gasteiger partial charge on any atom is 0.164 e. The Balaban J connectivity index is 1.56. The first-order chi connectivity index (χ1) is 11.7. The van der Waals surface area contributed by atoms with Crippen LogP contribution in [0.5, 0.6) is 0 Å². The van der Waals surface area contributed by atoms with E-state index in [0.29, 0.717) is 6.42 Å². The van der Waals surface area contributed by atoms with Gasteiger partial charge < -0.3 is 9.47 Å². The van der Waals surface area contributed by atoms with E-state index < -0.39 is 0 Å². The third-order valence-electron chi connectivity index (χ3n) is 5.12. The first-order valence-electron chi connectivity index (χ1n) is 8.82. The molecule has 124 valence electrons. The molecule has 1 saturated heterocycles. The van der Waals surface area contributed by atoms with E-state index in [1.54, 1.807) is 0 Å². The van der Waals surface area contributed by atoms with Gasteiger partial charge in [0.2, 0.25) is 0 Å². The molecule has 2 heterocycles. The molecule has 0 amide bonds. The molecular weight excluding hydrogens is 298 g/mol. The number of aromatic nitrogens is 2. The van der Waals surface area contributed by atoms with E-state index in [0.717, 1.165) is 47.0 Å². The first-order valence-corrected chi connectivity index (χ1v) is 8.82. The van der Waals surface area contributed by atoms with E-state index >= 15 is 0 Å². The molecule has 0 aliphatic carbocycles. The maximum absolute atomic E-state index is 12.6. The van der Waals surface area contributed by atoms with Crippen molar-refractivity contribution < 1.29 is 4.79 Å². The zero-order valence-electron chi connectivity index (χ0n) is 14.2. The number of hydrogen-bond acceptors (Lipinski definition) is 3. The fourth-order valence-corrected chi connectivity index (χ4v) is 3.74. The van der Waals surface area contributed by atoms with Gasteiger partial charge in [-0.2, -0.15) is 0 Å². The molecule has 3 aromatic rings. The van der Waals surface area contributed by atoms with E-state index in [2.05, 4.69) is 22.0 Å². The molecular formula is C20H23N3O. The molecule has 1 aromatic heterocycles. The van der Waals surface area contributed by atoms with Crippen LogP contribution in [0.25, 0.3) is 21.8 Å².